The first kappa shape index (κ1) is 36.9. The quantitative estimate of drug-likeness (QED) is 0.160. The first-order valence-corrected chi connectivity index (χ1v) is 22.2. The van der Waals surface area contributed by atoms with Crippen molar-refractivity contribution in [1.29, 1.82) is 0 Å². The van der Waals surface area contributed by atoms with Crippen LogP contribution in [-0.4, -0.2) is 4.57 Å². The maximum absolute atomic E-state index is 6.47. The Morgan fingerprint density at radius 1 is 0.323 bits per heavy atom. The first-order valence-electron chi connectivity index (χ1n) is 22.2. The molecular formula is C62H40N2O. The third-order valence-electron chi connectivity index (χ3n) is 13.2. The van der Waals surface area contributed by atoms with Gasteiger partial charge in [0, 0.05) is 49.9 Å². The molecule has 0 saturated carbocycles. The smallest absolute Gasteiger partial charge is 0.143 e. The van der Waals surface area contributed by atoms with E-state index >= 15 is 0 Å². The van der Waals surface area contributed by atoms with E-state index in [1.165, 1.54) is 65.6 Å². The molecule has 0 atom stereocenters. The summed E-state index contributed by atoms with van der Waals surface area (Å²) in [6, 6.07) is 87.7. The maximum atomic E-state index is 6.47. The van der Waals surface area contributed by atoms with Crippen LogP contribution in [-0.2, 0) is 0 Å². The lowest BCUT2D eigenvalue weighted by atomic mass is 9.95. The number of rotatable bonds is 7. The fourth-order valence-electron chi connectivity index (χ4n) is 10.1. The Morgan fingerprint density at radius 3 is 1.75 bits per heavy atom. The van der Waals surface area contributed by atoms with Crippen molar-refractivity contribution >= 4 is 82.4 Å². The molecule has 3 nitrogen and oxygen atoms in total. The Kier molecular flexibility index (Phi) is 8.53. The second-order valence-electron chi connectivity index (χ2n) is 16.9. The molecule has 0 spiro atoms. The van der Waals surface area contributed by atoms with Crippen LogP contribution < -0.4 is 4.90 Å². The van der Waals surface area contributed by atoms with Crippen molar-refractivity contribution in [2.45, 2.75) is 0 Å². The van der Waals surface area contributed by atoms with Gasteiger partial charge in [0.2, 0.25) is 0 Å². The van der Waals surface area contributed by atoms with Crippen molar-refractivity contribution in [3.05, 3.63) is 243 Å². The van der Waals surface area contributed by atoms with Crippen LogP contribution in [0.15, 0.2) is 247 Å². The van der Waals surface area contributed by atoms with Crippen LogP contribution in [0, 0.1) is 0 Å². The second kappa shape index (κ2) is 15.0. The number of nitrogens with zero attached hydrogens (tertiary/aromatic N) is 2. The number of aromatic nitrogens is 1. The van der Waals surface area contributed by atoms with Crippen molar-refractivity contribution in [3.8, 4) is 39.1 Å². The van der Waals surface area contributed by atoms with Gasteiger partial charge >= 0.3 is 0 Å². The Hall–Kier alpha value is -8.66. The van der Waals surface area contributed by atoms with Crippen LogP contribution in [0.25, 0.3) is 104 Å². The number of benzene rings is 11. The third kappa shape index (κ3) is 6.12. The monoisotopic (exact) mass is 828 g/mol. The molecule has 0 radical (unpaired) electrons. The number of hydrogen-bond acceptors (Lipinski definition) is 2. The molecule has 13 aromatic rings. The van der Waals surface area contributed by atoms with Gasteiger partial charge in [0.15, 0.2) is 0 Å². The van der Waals surface area contributed by atoms with E-state index in [2.05, 4.69) is 240 Å². The van der Waals surface area contributed by atoms with Gasteiger partial charge in [0.25, 0.3) is 0 Å². The molecule has 0 unspecified atom stereocenters. The molecule has 0 aliphatic heterocycles. The van der Waals surface area contributed by atoms with E-state index in [0.717, 1.165) is 55.8 Å². The average molecular weight is 829 g/mol. The lowest BCUT2D eigenvalue weighted by molar-refractivity contribution is 0.670. The van der Waals surface area contributed by atoms with Crippen LogP contribution in [0.3, 0.4) is 0 Å². The van der Waals surface area contributed by atoms with E-state index < -0.39 is 0 Å². The predicted molar refractivity (Wildman–Crippen MR) is 274 cm³/mol. The summed E-state index contributed by atoms with van der Waals surface area (Å²) < 4.78 is 8.93. The highest BCUT2D eigenvalue weighted by atomic mass is 16.3. The Balaban J connectivity index is 0.989. The molecule has 0 aliphatic carbocycles. The summed E-state index contributed by atoms with van der Waals surface area (Å²) in [5.41, 5.74) is 15.4. The molecule has 2 heterocycles. The number of anilines is 3. The molecule has 0 N–H and O–H groups in total. The van der Waals surface area contributed by atoms with E-state index in [4.69, 9.17) is 4.42 Å². The molecule has 304 valence electrons. The summed E-state index contributed by atoms with van der Waals surface area (Å²) >= 11 is 0. The normalized spacial score (nSPS) is 11.7. The number of furan rings is 1. The van der Waals surface area contributed by atoms with E-state index in [1.807, 2.05) is 12.1 Å². The van der Waals surface area contributed by atoms with Crippen LogP contribution in [0.4, 0.5) is 17.1 Å². The van der Waals surface area contributed by atoms with Gasteiger partial charge in [0.05, 0.1) is 11.0 Å². The van der Waals surface area contributed by atoms with E-state index in [0.29, 0.717) is 0 Å². The SMILES string of the molecule is c1ccc(-c2ccc(N(c3ccc(-c4cccc5c4oc4ccccc45)cc3)c3cccc(-n4c5cccc(-c6ccc7ccccc7c6)c5c5c6ccccc6ccc54)c3)cc2)cc1. The van der Waals surface area contributed by atoms with Crippen molar-refractivity contribution in [3.63, 3.8) is 0 Å². The highest BCUT2D eigenvalue weighted by Gasteiger charge is 2.21. The lowest BCUT2D eigenvalue weighted by Crippen LogP contribution is -2.10. The second-order valence-corrected chi connectivity index (χ2v) is 16.9. The molecule has 0 saturated heterocycles. The van der Waals surface area contributed by atoms with E-state index in [9.17, 15) is 0 Å². The Labute approximate surface area is 376 Å². The predicted octanol–water partition coefficient (Wildman–Crippen LogP) is 17.5. The summed E-state index contributed by atoms with van der Waals surface area (Å²) in [6.07, 6.45) is 0. The third-order valence-corrected chi connectivity index (χ3v) is 13.2. The summed E-state index contributed by atoms with van der Waals surface area (Å²) in [6.45, 7) is 0. The standard InChI is InChI=1S/C62H40N2O/c1-2-13-41(14-3-1)43-29-34-48(35-30-43)63(49-36-31-45(32-37-49)54-23-11-24-56-55-21-8-9-26-59(55)65-62(54)56)50-18-10-19-51(40-50)64-57-25-12-22-53(47-28-27-42-15-4-5-17-46(42)39-47)61(57)60-52-20-7-6-16-44(52)33-38-58(60)64/h1-40H. The van der Waals surface area contributed by atoms with Gasteiger partial charge in [-0.3, -0.25) is 0 Å². The molecule has 0 bridgehead atoms. The maximum Gasteiger partial charge on any atom is 0.143 e. The van der Waals surface area contributed by atoms with Crippen molar-refractivity contribution in [2.75, 3.05) is 4.90 Å². The van der Waals surface area contributed by atoms with Crippen LogP contribution in [0.2, 0.25) is 0 Å². The van der Waals surface area contributed by atoms with E-state index in [1.54, 1.807) is 0 Å². The molecule has 65 heavy (non-hydrogen) atoms. The lowest BCUT2D eigenvalue weighted by Gasteiger charge is -2.26. The van der Waals surface area contributed by atoms with Gasteiger partial charge in [-0.05, 0) is 116 Å². The highest BCUT2D eigenvalue weighted by Crippen LogP contribution is 2.44. The molecule has 3 heteroatoms. The van der Waals surface area contributed by atoms with Crippen LogP contribution >= 0.6 is 0 Å². The summed E-state index contributed by atoms with van der Waals surface area (Å²) in [4.78, 5) is 2.37. The molecule has 2 aromatic heterocycles. The average Bonchev–Trinajstić information content (AvgIpc) is 3.94. The molecular weight excluding hydrogens is 789 g/mol. The number of fused-ring (bicyclic) bond motifs is 9. The molecule has 11 aromatic carbocycles. The van der Waals surface area contributed by atoms with Crippen molar-refractivity contribution in [1.82, 2.24) is 4.57 Å². The Bertz CT molecular complexity index is 3930. The molecule has 0 amide bonds. The van der Waals surface area contributed by atoms with Gasteiger partial charge in [-0.15, -0.1) is 0 Å². The van der Waals surface area contributed by atoms with Gasteiger partial charge in [-0.25, -0.2) is 0 Å². The fraction of sp³-hybridized carbons (Fsp3) is 0. The zero-order chi connectivity index (χ0) is 42.8. The summed E-state index contributed by atoms with van der Waals surface area (Å²) in [5, 5.41) is 9.72. The minimum Gasteiger partial charge on any atom is -0.455 e. The topological polar surface area (TPSA) is 21.3 Å². The number of para-hydroxylation sites is 2. The largest absolute Gasteiger partial charge is 0.455 e. The van der Waals surface area contributed by atoms with Crippen LogP contribution in [0.1, 0.15) is 0 Å². The van der Waals surface area contributed by atoms with Crippen molar-refractivity contribution < 1.29 is 4.42 Å². The molecule has 0 fully saturated rings. The zero-order valence-electron chi connectivity index (χ0n) is 35.4. The van der Waals surface area contributed by atoms with E-state index in [-0.39, 0.29) is 0 Å². The first-order chi connectivity index (χ1) is 32.2. The molecule has 13 rings (SSSR count). The van der Waals surface area contributed by atoms with Gasteiger partial charge in [0.1, 0.15) is 11.2 Å². The molecule has 0 aliphatic rings. The minimum absolute atomic E-state index is 0.901. The van der Waals surface area contributed by atoms with Crippen LogP contribution in [0.5, 0.6) is 0 Å². The zero-order valence-corrected chi connectivity index (χ0v) is 35.4. The highest BCUT2D eigenvalue weighted by molar-refractivity contribution is 6.25. The Morgan fingerprint density at radius 2 is 0.923 bits per heavy atom. The number of hydrogen-bond donors (Lipinski definition) is 0. The van der Waals surface area contributed by atoms with Crippen molar-refractivity contribution in [2.24, 2.45) is 0 Å². The summed E-state index contributed by atoms with van der Waals surface area (Å²) in [5.74, 6) is 0. The minimum atomic E-state index is 0.901. The van der Waals surface area contributed by atoms with Gasteiger partial charge in [-0.1, -0.05) is 176 Å². The fourth-order valence-corrected chi connectivity index (χ4v) is 10.1. The van der Waals surface area contributed by atoms with Gasteiger partial charge < -0.3 is 13.9 Å². The van der Waals surface area contributed by atoms with Gasteiger partial charge in [-0.2, -0.15) is 0 Å². The summed E-state index contributed by atoms with van der Waals surface area (Å²) in [7, 11) is 0.